The molecule has 0 fully saturated rings. The molecule has 0 unspecified atom stereocenters. The summed E-state index contributed by atoms with van der Waals surface area (Å²) in [5, 5.41) is 0. The molecule has 0 aliphatic rings. The first-order chi connectivity index (χ1) is 10.6. The molecule has 0 aliphatic heterocycles. The van der Waals surface area contributed by atoms with Gasteiger partial charge in [0.15, 0.2) is 0 Å². The molecule has 1 N–H and O–H groups in total. The molecule has 0 aromatic carbocycles. The molecule has 0 heterocycles. The highest BCUT2D eigenvalue weighted by Crippen LogP contribution is 2.12. The molecule has 23 heavy (non-hydrogen) atoms. The van der Waals surface area contributed by atoms with Crippen LogP contribution in [0, 0.1) is 0 Å². The van der Waals surface area contributed by atoms with E-state index in [9.17, 15) is 0 Å². The molecule has 0 bridgehead atoms. The van der Waals surface area contributed by atoms with Crippen LogP contribution >= 0.6 is 0 Å². The van der Waals surface area contributed by atoms with E-state index >= 15 is 0 Å². The number of hydrogen-bond acceptors (Lipinski definition) is 3. The third-order valence-corrected chi connectivity index (χ3v) is 3.68. The zero-order chi connectivity index (χ0) is 18.2. The van der Waals surface area contributed by atoms with Crippen LogP contribution in [0.2, 0.25) is 0 Å². The van der Waals surface area contributed by atoms with Gasteiger partial charge in [-0.3, -0.25) is 4.55 Å². The van der Waals surface area contributed by atoms with E-state index in [1.165, 1.54) is 83.6 Å². The number of unbranched alkanes of at least 4 members (excludes halogenated alkanes) is 11. The Morgan fingerprint density at radius 1 is 0.739 bits per heavy atom. The number of quaternary nitrogens is 1. The lowest BCUT2D eigenvalue weighted by Crippen LogP contribution is -2.35. The molecule has 0 saturated carbocycles. The zero-order valence-corrected chi connectivity index (χ0v) is 16.5. The maximum absolute atomic E-state index is 8.63. The largest absolute Gasteiger partial charge is 0.726 e. The van der Waals surface area contributed by atoms with Crippen LogP contribution in [0.3, 0.4) is 0 Å². The van der Waals surface area contributed by atoms with Crippen molar-refractivity contribution < 1.29 is 22.0 Å². The van der Waals surface area contributed by atoms with Gasteiger partial charge in [-0.1, -0.05) is 71.1 Å². The lowest BCUT2D eigenvalue weighted by Gasteiger charge is -2.23. The Kier molecular flexibility index (Phi) is 16.7. The second kappa shape index (κ2) is 15.4. The summed E-state index contributed by atoms with van der Waals surface area (Å²) in [5.74, 6) is 0. The summed E-state index contributed by atoms with van der Waals surface area (Å²) in [7, 11) is 1.95. The Hall–Kier alpha value is -0.170. The average molecular weight is 354 g/mol. The molecule has 142 valence electrons. The van der Waals surface area contributed by atoms with E-state index in [4.69, 9.17) is 17.5 Å². The standard InChI is InChI=1S/C17H38N.H2O4S/c1-5-6-7-8-9-10-11-12-13-14-15-16-17-18(2,3)4;1-5(2,3)4/h5-17H2,1-4H3;(H2,1,2,3,4)/q+1;/p-1. The van der Waals surface area contributed by atoms with Crippen molar-refractivity contribution in [1.29, 1.82) is 0 Å². The van der Waals surface area contributed by atoms with Crippen LogP contribution in [0.25, 0.3) is 0 Å². The maximum Gasteiger partial charge on any atom is 0.215 e. The Balaban J connectivity index is 0. The van der Waals surface area contributed by atoms with Gasteiger partial charge in [0.2, 0.25) is 10.4 Å². The van der Waals surface area contributed by atoms with Gasteiger partial charge in [-0.05, 0) is 12.8 Å². The molecular weight excluding hydrogens is 314 g/mol. The van der Waals surface area contributed by atoms with E-state index in [1.807, 2.05) is 0 Å². The molecule has 0 spiro atoms. The van der Waals surface area contributed by atoms with E-state index in [-0.39, 0.29) is 0 Å². The van der Waals surface area contributed by atoms with Crippen molar-refractivity contribution >= 4 is 10.4 Å². The van der Waals surface area contributed by atoms with Crippen molar-refractivity contribution in [3.63, 3.8) is 0 Å². The first-order valence-corrected chi connectivity index (χ1v) is 10.4. The topological polar surface area (TPSA) is 77.4 Å². The van der Waals surface area contributed by atoms with Crippen LogP contribution in [0.1, 0.15) is 84.0 Å². The second-order valence-electron chi connectivity index (χ2n) is 7.33. The van der Waals surface area contributed by atoms with Crippen LogP contribution in [-0.2, 0) is 10.4 Å². The predicted octanol–water partition coefficient (Wildman–Crippen LogP) is 4.40. The van der Waals surface area contributed by atoms with E-state index in [1.54, 1.807) is 0 Å². The van der Waals surface area contributed by atoms with Crippen molar-refractivity contribution in [1.82, 2.24) is 0 Å². The Bertz CT molecular complexity index is 329. The SMILES string of the molecule is CCCCCCCCCCCCCC[N+](C)(C)C.O=S(=O)([O-])O. The monoisotopic (exact) mass is 353 g/mol. The van der Waals surface area contributed by atoms with Crippen molar-refractivity contribution in [2.24, 2.45) is 0 Å². The molecule has 0 radical (unpaired) electrons. The Morgan fingerprint density at radius 2 is 1.00 bits per heavy atom. The summed E-state index contributed by atoms with van der Waals surface area (Å²) in [6, 6.07) is 0. The summed E-state index contributed by atoms with van der Waals surface area (Å²) in [4.78, 5) is 0. The fourth-order valence-corrected chi connectivity index (χ4v) is 2.43. The van der Waals surface area contributed by atoms with Crippen LogP contribution in [-0.4, -0.2) is 49.7 Å². The predicted molar refractivity (Wildman–Crippen MR) is 96.3 cm³/mol. The molecule has 0 amide bonds. The maximum atomic E-state index is 8.63. The number of rotatable bonds is 13. The lowest BCUT2D eigenvalue weighted by molar-refractivity contribution is -0.870. The number of nitrogens with zero attached hydrogens (tertiary/aromatic N) is 1. The minimum Gasteiger partial charge on any atom is -0.726 e. The van der Waals surface area contributed by atoms with Crippen LogP contribution in [0.4, 0.5) is 0 Å². The summed E-state index contributed by atoms with van der Waals surface area (Å²) >= 11 is 0. The van der Waals surface area contributed by atoms with E-state index in [0.717, 1.165) is 4.48 Å². The summed E-state index contributed by atoms with van der Waals surface area (Å²) < 4.78 is 34.0. The van der Waals surface area contributed by atoms with E-state index < -0.39 is 10.4 Å². The summed E-state index contributed by atoms with van der Waals surface area (Å²) in [6.45, 7) is 3.62. The van der Waals surface area contributed by atoms with Gasteiger partial charge in [-0.25, -0.2) is 8.42 Å². The molecule has 0 aliphatic carbocycles. The molecule has 6 heteroatoms. The van der Waals surface area contributed by atoms with Gasteiger partial charge < -0.3 is 9.04 Å². The second-order valence-corrected chi connectivity index (χ2v) is 8.19. The summed E-state index contributed by atoms with van der Waals surface area (Å²) in [6.07, 6.45) is 17.4. The molecular formula is C17H39NO4S. The van der Waals surface area contributed by atoms with Crippen molar-refractivity contribution in [3.05, 3.63) is 0 Å². The molecule has 0 saturated heterocycles. The van der Waals surface area contributed by atoms with Crippen LogP contribution in [0.5, 0.6) is 0 Å². The molecule has 0 rings (SSSR count). The fraction of sp³-hybridized carbons (Fsp3) is 1.00. The van der Waals surface area contributed by atoms with Gasteiger partial charge in [0.05, 0.1) is 27.7 Å². The minimum atomic E-state index is -4.92. The Morgan fingerprint density at radius 3 is 1.26 bits per heavy atom. The lowest BCUT2D eigenvalue weighted by atomic mass is 10.1. The zero-order valence-electron chi connectivity index (χ0n) is 15.7. The summed E-state index contributed by atoms with van der Waals surface area (Å²) in [5.41, 5.74) is 0. The molecule has 0 atom stereocenters. The van der Waals surface area contributed by atoms with Crippen LogP contribution in [0.15, 0.2) is 0 Å². The molecule has 5 nitrogen and oxygen atoms in total. The molecule has 0 aromatic rings. The first-order valence-electron chi connectivity index (χ1n) is 9.05. The van der Waals surface area contributed by atoms with Crippen molar-refractivity contribution in [2.75, 3.05) is 27.7 Å². The van der Waals surface area contributed by atoms with Gasteiger partial charge in [-0.2, -0.15) is 0 Å². The third-order valence-electron chi connectivity index (χ3n) is 3.68. The minimum absolute atomic E-state index is 1.12. The van der Waals surface area contributed by atoms with Gasteiger partial charge in [0, 0.05) is 0 Å². The van der Waals surface area contributed by atoms with Crippen molar-refractivity contribution in [3.8, 4) is 0 Å². The number of hydrogen-bond donors (Lipinski definition) is 1. The van der Waals surface area contributed by atoms with E-state index in [0.29, 0.717) is 0 Å². The van der Waals surface area contributed by atoms with Gasteiger partial charge in [0.25, 0.3) is 0 Å². The third kappa shape index (κ3) is 39.0. The smallest absolute Gasteiger partial charge is 0.215 e. The average Bonchev–Trinajstić information content (AvgIpc) is 2.37. The van der Waals surface area contributed by atoms with Crippen molar-refractivity contribution in [2.45, 2.75) is 84.0 Å². The van der Waals surface area contributed by atoms with Gasteiger partial charge in [-0.15, -0.1) is 0 Å². The fourth-order valence-electron chi connectivity index (χ4n) is 2.43. The highest BCUT2D eigenvalue weighted by atomic mass is 32.3. The highest BCUT2D eigenvalue weighted by Gasteiger charge is 2.04. The quantitative estimate of drug-likeness (QED) is 0.230. The normalized spacial score (nSPS) is 11.9. The first kappa shape index (κ1) is 25.1. The Labute approximate surface area is 144 Å². The van der Waals surface area contributed by atoms with Gasteiger partial charge in [0.1, 0.15) is 0 Å². The highest BCUT2D eigenvalue weighted by molar-refractivity contribution is 7.79. The molecule has 0 aromatic heterocycles. The van der Waals surface area contributed by atoms with Gasteiger partial charge >= 0.3 is 0 Å². The van der Waals surface area contributed by atoms with E-state index in [2.05, 4.69) is 28.1 Å². The van der Waals surface area contributed by atoms with Crippen LogP contribution < -0.4 is 0 Å².